The normalized spacial score (nSPS) is 17.4. The quantitative estimate of drug-likeness (QED) is 0.916. The molecule has 3 rings (SSSR count). The first-order valence-electron chi connectivity index (χ1n) is 8.30. The highest BCUT2D eigenvalue weighted by atomic mass is 19.1. The average molecular weight is 331 g/mol. The number of hydrogen-bond acceptors (Lipinski definition) is 3. The minimum atomic E-state index is -0.331. The lowest BCUT2D eigenvalue weighted by Crippen LogP contribution is -2.32. The number of rotatable bonds is 5. The van der Waals surface area contributed by atoms with Gasteiger partial charge in [0.1, 0.15) is 5.82 Å². The highest BCUT2D eigenvalue weighted by molar-refractivity contribution is 5.95. The Morgan fingerprint density at radius 1 is 1.50 bits per heavy atom. The van der Waals surface area contributed by atoms with E-state index >= 15 is 0 Å². The average Bonchev–Trinajstić information content (AvgIpc) is 3.22. The summed E-state index contributed by atoms with van der Waals surface area (Å²) in [6.45, 7) is 5.24. The van der Waals surface area contributed by atoms with Gasteiger partial charge < -0.3 is 10.1 Å². The zero-order valence-corrected chi connectivity index (χ0v) is 14.0. The maximum atomic E-state index is 13.5. The number of nitrogens with zero attached hydrogens (tertiary/aromatic N) is 2. The van der Waals surface area contributed by atoms with E-state index in [4.69, 9.17) is 4.74 Å². The lowest BCUT2D eigenvalue weighted by molar-refractivity contribution is 0.0856. The van der Waals surface area contributed by atoms with Crippen molar-refractivity contribution in [1.82, 2.24) is 15.1 Å². The number of ether oxygens (including phenoxy) is 1. The van der Waals surface area contributed by atoms with Crippen LogP contribution in [-0.4, -0.2) is 34.9 Å². The Morgan fingerprint density at radius 3 is 3.00 bits per heavy atom. The zero-order valence-electron chi connectivity index (χ0n) is 14.0. The third-order valence-corrected chi connectivity index (χ3v) is 4.16. The fourth-order valence-corrected chi connectivity index (χ4v) is 3.01. The molecule has 1 aliphatic heterocycles. The second-order valence-corrected chi connectivity index (χ2v) is 6.33. The SMILES string of the molecule is CC(C)c1c(C(=O)NC[C@@H]2CCCO2)cnn1-c1cccc(F)c1. The van der Waals surface area contributed by atoms with E-state index in [-0.39, 0.29) is 23.7 Å². The monoisotopic (exact) mass is 331 g/mol. The molecular weight excluding hydrogens is 309 g/mol. The summed E-state index contributed by atoms with van der Waals surface area (Å²) in [6.07, 6.45) is 3.65. The molecule has 24 heavy (non-hydrogen) atoms. The molecule has 1 atom stereocenters. The summed E-state index contributed by atoms with van der Waals surface area (Å²) in [5.74, 6) is -0.432. The van der Waals surface area contributed by atoms with Crippen molar-refractivity contribution in [3.05, 3.63) is 47.5 Å². The summed E-state index contributed by atoms with van der Waals surface area (Å²) in [5, 5.41) is 7.23. The van der Waals surface area contributed by atoms with Gasteiger partial charge in [-0.3, -0.25) is 4.79 Å². The van der Waals surface area contributed by atoms with Gasteiger partial charge in [0.15, 0.2) is 0 Å². The summed E-state index contributed by atoms with van der Waals surface area (Å²) in [4.78, 5) is 12.5. The lowest BCUT2D eigenvalue weighted by Gasteiger charge is -2.14. The van der Waals surface area contributed by atoms with Crippen LogP contribution < -0.4 is 5.32 Å². The smallest absolute Gasteiger partial charge is 0.254 e. The standard InChI is InChI=1S/C18H22FN3O2/c1-12(2)17-16(18(23)20-10-15-7-4-8-24-15)11-21-22(17)14-6-3-5-13(19)9-14/h3,5-6,9,11-12,15H,4,7-8,10H2,1-2H3,(H,20,23)/t15-/m0/s1. The molecule has 1 amide bonds. The molecule has 5 nitrogen and oxygen atoms in total. The first kappa shape index (κ1) is 16.6. The maximum Gasteiger partial charge on any atom is 0.254 e. The molecule has 6 heteroatoms. The number of aromatic nitrogens is 2. The Kier molecular flexibility index (Phi) is 4.94. The van der Waals surface area contributed by atoms with E-state index in [1.54, 1.807) is 23.0 Å². The largest absolute Gasteiger partial charge is 0.376 e. The van der Waals surface area contributed by atoms with Crippen LogP contribution in [0.2, 0.25) is 0 Å². The van der Waals surface area contributed by atoms with Crippen molar-refractivity contribution in [2.75, 3.05) is 13.2 Å². The van der Waals surface area contributed by atoms with E-state index in [1.165, 1.54) is 12.1 Å². The topological polar surface area (TPSA) is 56.1 Å². The van der Waals surface area contributed by atoms with Gasteiger partial charge >= 0.3 is 0 Å². The van der Waals surface area contributed by atoms with E-state index in [9.17, 15) is 9.18 Å². The molecule has 1 fully saturated rings. The van der Waals surface area contributed by atoms with Gasteiger partial charge in [-0.1, -0.05) is 19.9 Å². The van der Waals surface area contributed by atoms with E-state index in [2.05, 4.69) is 10.4 Å². The van der Waals surface area contributed by atoms with Gasteiger partial charge in [0.2, 0.25) is 0 Å². The van der Waals surface area contributed by atoms with Crippen LogP contribution in [0.3, 0.4) is 0 Å². The Labute approximate surface area is 140 Å². The molecule has 0 aliphatic carbocycles. The summed E-state index contributed by atoms with van der Waals surface area (Å²) in [7, 11) is 0. The molecule has 1 N–H and O–H groups in total. The van der Waals surface area contributed by atoms with Crippen LogP contribution in [-0.2, 0) is 4.74 Å². The fourth-order valence-electron chi connectivity index (χ4n) is 3.01. The number of nitrogens with one attached hydrogen (secondary N) is 1. The van der Waals surface area contributed by atoms with Crippen LogP contribution >= 0.6 is 0 Å². The molecule has 2 aromatic rings. The number of carbonyl (C=O) groups excluding carboxylic acids is 1. The highest BCUT2D eigenvalue weighted by Gasteiger charge is 2.22. The molecular formula is C18H22FN3O2. The Balaban J connectivity index is 1.84. The molecule has 1 aromatic heterocycles. The van der Waals surface area contributed by atoms with Gasteiger partial charge in [-0.05, 0) is 37.0 Å². The number of benzene rings is 1. The number of hydrogen-bond donors (Lipinski definition) is 1. The predicted octanol–water partition coefficient (Wildman–Crippen LogP) is 3.04. The van der Waals surface area contributed by atoms with Gasteiger partial charge in [0.25, 0.3) is 5.91 Å². The van der Waals surface area contributed by atoms with Gasteiger partial charge in [-0.15, -0.1) is 0 Å². The van der Waals surface area contributed by atoms with Crippen LogP contribution in [0.4, 0.5) is 4.39 Å². The first-order valence-corrected chi connectivity index (χ1v) is 8.30. The van der Waals surface area contributed by atoms with Gasteiger partial charge in [-0.25, -0.2) is 9.07 Å². The third kappa shape index (κ3) is 3.48. The lowest BCUT2D eigenvalue weighted by atomic mass is 10.0. The molecule has 0 bridgehead atoms. The Morgan fingerprint density at radius 2 is 2.33 bits per heavy atom. The maximum absolute atomic E-state index is 13.5. The number of carbonyl (C=O) groups is 1. The van der Waals surface area contributed by atoms with E-state index in [0.29, 0.717) is 17.8 Å². The van der Waals surface area contributed by atoms with Crippen molar-refractivity contribution in [2.45, 2.75) is 38.7 Å². The Bertz CT molecular complexity index is 721. The van der Waals surface area contributed by atoms with Crippen LogP contribution in [0.5, 0.6) is 0 Å². The van der Waals surface area contributed by atoms with Crippen LogP contribution in [0, 0.1) is 5.82 Å². The molecule has 0 radical (unpaired) electrons. The molecule has 0 spiro atoms. The number of halogens is 1. The van der Waals surface area contributed by atoms with Gasteiger partial charge in [-0.2, -0.15) is 5.10 Å². The molecule has 128 valence electrons. The predicted molar refractivity (Wildman–Crippen MR) is 88.9 cm³/mol. The first-order chi connectivity index (χ1) is 11.6. The van der Waals surface area contributed by atoms with Crippen molar-refractivity contribution in [1.29, 1.82) is 0 Å². The van der Waals surface area contributed by atoms with Crippen molar-refractivity contribution in [2.24, 2.45) is 0 Å². The highest BCUT2D eigenvalue weighted by Crippen LogP contribution is 2.23. The van der Waals surface area contributed by atoms with Crippen molar-refractivity contribution in [3.63, 3.8) is 0 Å². The Hall–Kier alpha value is -2.21. The van der Waals surface area contributed by atoms with E-state index in [0.717, 1.165) is 25.1 Å². The van der Waals surface area contributed by atoms with Gasteiger partial charge in [0.05, 0.1) is 29.2 Å². The molecule has 0 unspecified atom stereocenters. The van der Waals surface area contributed by atoms with E-state index < -0.39 is 0 Å². The summed E-state index contributed by atoms with van der Waals surface area (Å²) in [5.41, 5.74) is 1.90. The van der Waals surface area contributed by atoms with Crippen LogP contribution in [0.25, 0.3) is 5.69 Å². The van der Waals surface area contributed by atoms with Gasteiger partial charge in [0, 0.05) is 13.2 Å². The third-order valence-electron chi connectivity index (χ3n) is 4.16. The molecule has 1 saturated heterocycles. The minimum absolute atomic E-state index is 0.0687. The number of amides is 1. The molecule has 1 aromatic carbocycles. The molecule has 2 heterocycles. The summed E-state index contributed by atoms with van der Waals surface area (Å²) in [6, 6.07) is 6.20. The van der Waals surface area contributed by atoms with Crippen molar-refractivity contribution < 1.29 is 13.9 Å². The van der Waals surface area contributed by atoms with Crippen LogP contribution in [0.1, 0.15) is 48.7 Å². The fraction of sp³-hybridized carbons (Fsp3) is 0.444. The summed E-state index contributed by atoms with van der Waals surface area (Å²) < 4.78 is 20.7. The van der Waals surface area contributed by atoms with E-state index in [1.807, 2.05) is 13.8 Å². The zero-order chi connectivity index (χ0) is 17.1. The molecule has 0 saturated carbocycles. The van der Waals surface area contributed by atoms with Crippen LogP contribution in [0.15, 0.2) is 30.5 Å². The van der Waals surface area contributed by atoms with Crippen molar-refractivity contribution >= 4 is 5.91 Å². The summed E-state index contributed by atoms with van der Waals surface area (Å²) >= 11 is 0. The molecule has 1 aliphatic rings. The van der Waals surface area contributed by atoms with Crippen molar-refractivity contribution in [3.8, 4) is 5.69 Å². The second kappa shape index (κ2) is 7.13. The second-order valence-electron chi connectivity index (χ2n) is 6.33. The minimum Gasteiger partial charge on any atom is -0.376 e.